The second-order valence-corrected chi connectivity index (χ2v) is 7.26. The maximum absolute atomic E-state index is 11.3. The van der Waals surface area contributed by atoms with E-state index in [9.17, 15) is 20.4 Å². The molecule has 0 N–H and O–H groups in total. The van der Waals surface area contributed by atoms with Crippen molar-refractivity contribution in [1.82, 2.24) is 0 Å². The second-order valence-electron chi connectivity index (χ2n) is 7.26. The van der Waals surface area contributed by atoms with Crippen LogP contribution in [0.4, 0.5) is 0 Å². The van der Waals surface area contributed by atoms with E-state index >= 15 is 0 Å². The van der Waals surface area contributed by atoms with Crippen LogP contribution in [0.25, 0.3) is 0 Å². The summed E-state index contributed by atoms with van der Waals surface area (Å²) in [5, 5.41) is 45.2. The van der Waals surface area contributed by atoms with Crippen LogP contribution in [0.1, 0.15) is 0 Å². The molecule has 0 aliphatic heterocycles. The first-order valence-electron chi connectivity index (χ1n) is 12.0. The van der Waals surface area contributed by atoms with Gasteiger partial charge in [0, 0.05) is 114 Å². The fourth-order valence-corrected chi connectivity index (χ4v) is 2.64. The van der Waals surface area contributed by atoms with Crippen LogP contribution in [0.5, 0.6) is 0 Å². The molecule has 0 amide bonds. The molecule has 0 aromatic rings. The summed E-state index contributed by atoms with van der Waals surface area (Å²) in [6.45, 7) is 0. The van der Waals surface area contributed by atoms with Gasteiger partial charge in [0.1, 0.15) is 23.9 Å². The topological polar surface area (TPSA) is 240 Å². The molecule has 0 aliphatic carbocycles. The molecule has 0 unspecified atom stereocenters. The zero-order chi connectivity index (χ0) is 35.6. The third kappa shape index (κ3) is 18.9. The molecule has 20 nitrogen and oxygen atoms in total. The van der Waals surface area contributed by atoms with E-state index in [1.807, 2.05) is 0 Å². The fraction of sp³-hybridized carbons (Fsp3) is 1.00. The summed E-state index contributed by atoms with van der Waals surface area (Å²) in [6.07, 6.45) is -4.29. The SMILES string of the molecule is COC(OC)C([O-])(OC)OC.COC(OC)C([O-])(OC)OC.COC(OC)C([O-])(OC)OC.COC(OC)C([O-])(OC)OC.[Ti+4]. The van der Waals surface area contributed by atoms with Crippen molar-refractivity contribution in [2.24, 2.45) is 0 Å². The molecule has 45 heavy (non-hydrogen) atoms. The number of hydrogen-bond donors (Lipinski definition) is 0. The summed E-state index contributed by atoms with van der Waals surface area (Å²) >= 11 is 0. The largest absolute Gasteiger partial charge is 4.00 e. The Hall–Kier alpha value is -0.0857. The first kappa shape index (κ1) is 54.4. The van der Waals surface area contributed by atoms with Crippen LogP contribution >= 0.6 is 0 Å². The van der Waals surface area contributed by atoms with Crippen LogP contribution in [0, 0.1) is 0 Å². The van der Waals surface area contributed by atoms with Crippen LogP contribution in [0.2, 0.25) is 0 Å². The van der Waals surface area contributed by atoms with E-state index in [0.29, 0.717) is 0 Å². The quantitative estimate of drug-likeness (QED) is 0.0857. The Bertz CT molecular complexity index is 500. The zero-order valence-corrected chi connectivity index (χ0v) is 30.5. The van der Waals surface area contributed by atoms with Gasteiger partial charge in [-0.1, -0.05) is 0 Å². The molecule has 0 saturated heterocycles. The number of methoxy groups -OCH3 is 16. The van der Waals surface area contributed by atoms with Gasteiger partial charge in [0.05, 0.1) is 0 Å². The third-order valence-corrected chi connectivity index (χ3v) is 5.14. The first-order chi connectivity index (χ1) is 20.6. The Kier molecular flexibility index (Phi) is 36.3. The van der Waals surface area contributed by atoms with Crippen molar-refractivity contribution in [2.45, 2.75) is 49.1 Å². The molecule has 0 spiro atoms. The van der Waals surface area contributed by atoms with Gasteiger partial charge in [0.2, 0.25) is 0 Å². The maximum atomic E-state index is 11.3. The van der Waals surface area contributed by atoms with E-state index < -0.39 is 49.1 Å². The van der Waals surface area contributed by atoms with Crippen LogP contribution in [0.3, 0.4) is 0 Å². The van der Waals surface area contributed by atoms with Crippen molar-refractivity contribution in [2.75, 3.05) is 114 Å². The predicted molar refractivity (Wildman–Crippen MR) is 138 cm³/mol. The normalized spacial score (nSPS) is 12.3. The van der Waals surface area contributed by atoms with E-state index in [-0.39, 0.29) is 21.7 Å². The maximum Gasteiger partial charge on any atom is 4.00 e. The Morgan fingerprint density at radius 1 is 0.267 bits per heavy atom. The molecule has 0 radical (unpaired) electrons. The molecule has 0 aliphatic rings. The average molecular weight is 709 g/mol. The van der Waals surface area contributed by atoms with Crippen LogP contribution in [-0.2, 0) is 97.5 Å². The molecule has 0 fully saturated rings. The average Bonchev–Trinajstić information content (AvgIpc) is 3.06. The van der Waals surface area contributed by atoms with E-state index in [4.69, 9.17) is 0 Å². The molecule has 0 atom stereocenters. The molecular formula is C24H52O20Ti. The Labute approximate surface area is 280 Å². The number of rotatable bonds is 20. The van der Waals surface area contributed by atoms with E-state index in [1.165, 1.54) is 114 Å². The monoisotopic (exact) mass is 708 g/mol. The molecule has 272 valence electrons. The fourth-order valence-electron chi connectivity index (χ4n) is 2.64. The molecule has 0 rings (SSSR count). The minimum Gasteiger partial charge on any atom is -0.803 e. The summed E-state index contributed by atoms with van der Waals surface area (Å²) in [7, 11) is 20.4. The smallest absolute Gasteiger partial charge is 0.803 e. The minimum atomic E-state index is -2.09. The van der Waals surface area contributed by atoms with Crippen LogP contribution < -0.4 is 20.4 Å². The number of hydrogen-bond acceptors (Lipinski definition) is 20. The zero-order valence-electron chi connectivity index (χ0n) is 29.0. The molecule has 21 heteroatoms. The van der Waals surface area contributed by atoms with Gasteiger partial charge in [-0.2, -0.15) is 0 Å². The van der Waals surface area contributed by atoms with Crippen molar-refractivity contribution in [1.29, 1.82) is 0 Å². The van der Waals surface area contributed by atoms with Gasteiger partial charge in [-0.05, 0) is 0 Å². The van der Waals surface area contributed by atoms with E-state index in [1.54, 1.807) is 0 Å². The van der Waals surface area contributed by atoms with Crippen LogP contribution in [-0.4, -0.2) is 163 Å². The summed E-state index contributed by atoms with van der Waals surface area (Å²) in [5.41, 5.74) is 0. The van der Waals surface area contributed by atoms with Crippen molar-refractivity contribution in [3.63, 3.8) is 0 Å². The van der Waals surface area contributed by atoms with Gasteiger partial charge in [-0.15, -0.1) is 0 Å². The third-order valence-electron chi connectivity index (χ3n) is 5.14. The molecule has 0 saturated carbocycles. The Morgan fingerprint density at radius 2 is 0.356 bits per heavy atom. The van der Waals surface area contributed by atoms with Crippen LogP contribution in [0.15, 0.2) is 0 Å². The standard InChI is InChI=1S/4C6H13O5.Ti/c4*1-8-5(9-2)6(7,10-3)11-4;/h4*5H,1-4H3;/q4*-1;+4. The van der Waals surface area contributed by atoms with Gasteiger partial charge in [0.25, 0.3) is 0 Å². The van der Waals surface area contributed by atoms with Gasteiger partial charge >= 0.3 is 21.7 Å². The summed E-state index contributed by atoms with van der Waals surface area (Å²) in [6, 6.07) is 0. The van der Waals surface area contributed by atoms with Gasteiger partial charge in [-0.3, -0.25) is 0 Å². The van der Waals surface area contributed by atoms with Gasteiger partial charge < -0.3 is 96.2 Å². The Morgan fingerprint density at radius 3 is 0.378 bits per heavy atom. The minimum absolute atomic E-state index is 0. The molecule has 0 aromatic carbocycles. The van der Waals surface area contributed by atoms with Crippen molar-refractivity contribution in [3.8, 4) is 0 Å². The molecule has 0 aromatic heterocycles. The summed E-state index contributed by atoms with van der Waals surface area (Å²) in [4.78, 5) is 0. The molecule has 0 heterocycles. The van der Waals surface area contributed by atoms with Crippen molar-refractivity contribution >= 4 is 0 Å². The van der Waals surface area contributed by atoms with Crippen molar-refractivity contribution in [3.05, 3.63) is 0 Å². The first-order valence-corrected chi connectivity index (χ1v) is 12.0. The van der Waals surface area contributed by atoms with E-state index in [0.717, 1.165) is 0 Å². The van der Waals surface area contributed by atoms with Crippen molar-refractivity contribution < 1.29 is 118 Å². The molecule has 0 bridgehead atoms. The number of ether oxygens (including phenoxy) is 16. The van der Waals surface area contributed by atoms with E-state index in [2.05, 4.69) is 75.8 Å². The summed E-state index contributed by atoms with van der Waals surface area (Å²) in [5.74, 6) is -8.38. The Balaban J connectivity index is -0.000000157. The van der Waals surface area contributed by atoms with Gasteiger partial charge in [0.15, 0.2) is 25.2 Å². The predicted octanol–water partition coefficient (Wildman–Crippen LogP) is -4.35. The molecular weight excluding hydrogens is 656 g/mol. The summed E-state index contributed by atoms with van der Waals surface area (Å²) < 4.78 is 73.3. The second kappa shape index (κ2) is 30.0. The van der Waals surface area contributed by atoms with Gasteiger partial charge in [-0.25, -0.2) is 0 Å².